The number of H-pyrrole nitrogens is 1. The summed E-state index contributed by atoms with van der Waals surface area (Å²) in [7, 11) is 1.61. The van der Waals surface area contributed by atoms with E-state index in [1.807, 2.05) is 12.1 Å². The number of ether oxygens (including phenoxy) is 1. The van der Waals surface area contributed by atoms with Gasteiger partial charge in [-0.05, 0) is 18.2 Å². The van der Waals surface area contributed by atoms with Gasteiger partial charge >= 0.3 is 0 Å². The van der Waals surface area contributed by atoms with E-state index >= 15 is 0 Å². The van der Waals surface area contributed by atoms with Crippen LogP contribution in [0.3, 0.4) is 0 Å². The van der Waals surface area contributed by atoms with Crippen molar-refractivity contribution in [2.24, 2.45) is 0 Å². The molecule has 8 nitrogen and oxygen atoms in total. The monoisotopic (exact) mass is 367 g/mol. The van der Waals surface area contributed by atoms with E-state index in [9.17, 15) is 0 Å². The normalized spacial score (nSPS) is 10.7. The zero-order chi connectivity index (χ0) is 17.9. The van der Waals surface area contributed by atoms with Gasteiger partial charge in [-0.3, -0.25) is 5.10 Å². The van der Waals surface area contributed by atoms with Crippen LogP contribution in [0.5, 0.6) is 5.75 Å². The highest BCUT2D eigenvalue weighted by Crippen LogP contribution is 2.31. The third-order valence-electron chi connectivity index (χ3n) is 3.70. The van der Waals surface area contributed by atoms with Gasteiger partial charge in [0.15, 0.2) is 0 Å². The number of fused-ring (bicyclic) bond motifs is 1. The van der Waals surface area contributed by atoms with Crippen LogP contribution in [0.4, 0.5) is 23.1 Å². The molecule has 0 aliphatic rings. The summed E-state index contributed by atoms with van der Waals surface area (Å²) in [5.74, 6) is 2.35. The lowest BCUT2D eigenvalue weighted by Gasteiger charge is -2.12. The average molecular weight is 368 g/mol. The second kappa shape index (κ2) is 6.85. The highest BCUT2D eigenvalue weighted by Gasteiger charge is 2.09. The van der Waals surface area contributed by atoms with Crippen molar-refractivity contribution in [1.82, 2.24) is 25.1 Å². The number of pyridine rings is 1. The lowest BCUT2D eigenvalue weighted by molar-refractivity contribution is 0.417. The van der Waals surface area contributed by atoms with Crippen LogP contribution in [0.15, 0.2) is 49.1 Å². The molecule has 0 aliphatic heterocycles. The van der Waals surface area contributed by atoms with Crippen molar-refractivity contribution in [1.29, 1.82) is 0 Å². The lowest BCUT2D eigenvalue weighted by Crippen LogP contribution is -2.01. The van der Waals surface area contributed by atoms with Gasteiger partial charge < -0.3 is 15.4 Å². The van der Waals surface area contributed by atoms with E-state index in [1.54, 1.807) is 37.7 Å². The van der Waals surface area contributed by atoms with Crippen LogP contribution in [-0.4, -0.2) is 32.3 Å². The summed E-state index contributed by atoms with van der Waals surface area (Å²) in [5.41, 5.74) is 1.66. The van der Waals surface area contributed by atoms with Gasteiger partial charge in [0.25, 0.3) is 0 Å². The molecule has 1 aromatic carbocycles. The SMILES string of the molecule is COc1cc2[nH]ncc2cc1Nc1cc(Nc2ncccc2Cl)ncn1. The molecule has 0 radical (unpaired) electrons. The molecule has 0 spiro atoms. The Bertz CT molecular complexity index is 1070. The maximum Gasteiger partial charge on any atom is 0.150 e. The lowest BCUT2D eigenvalue weighted by atomic mass is 10.2. The summed E-state index contributed by atoms with van der Waals surface area (Å²) in [6.45, 7) is 0. The van der Waals surface area contributed by atoms with Crippen LogP contribution in [0.25, 0.3) is 10.9 Å². The van der Waals surface area contributed by atoms with Gasteiger partial charge in [0.1, 0.15) is 29.5 Å². The van der Waals surface area contributed by atoms with Crippen molar-refractivity contribution >= 4 is 45.6 Å². The highest BCUT2D eigenvalue weighted by atomic mass is 35.5. The maximum absolute atomic E-state index is 6.12. The Kier molecular flexibility index (Phi) is 4.24. The molecule has 0 aliphatic carbocycles. The van der Waals surface area contributed by atoms with Crippen LogP contribution < -0.4 is 15.4 Å². The summed E-state index contributed by atoms with van der Waals surface area (Å²) in [4.78, 5) is 12.6. The van der Waals surface area contributed by atoms with Crippen molar-refractivity contribution in [2.75, 3.05) is 17.7 Å². The van der Waals surface area contributed by atoms with Gasteiger partial charge in [0.05, 0.1) is 29.5 Å². The molecule has 0 fully saturated rings. The molecule has 0 unspecified atom stereocenters. The third-order valence-corrected chi connectivity index (χ3v) is 4.00. The first kappa shape index (κ1) is 16.1. The van der Waals surface area contributed by atoms with Crippen LogP contribution in [-0.2, 0) is 0 Å². The highest BCUT2D eigenvalue weighted by molar-refractivity contribution is 6.33. The number of anilines is 4. The molecule has 4 rings (SSSR count). The Labute approximate surface area is 153 Å². The summed E-state index contributed by atoms with van der Waals surface area (Å²) in [6, 6.07) is 9.08. The fraction of sp³-hybridized carbons (Fsp3) is 0.0588. The number of methoxy groups -OCH3 is 1. The van der Waals surface area contributed by atoms with Gasteiger partial charge in [0, 0.05) is 23.7 Å². The molecule has 9 heteroatoms. The van der Waals surface area contributed by atoms with Crippen LogP contribution in [0.2, 0.25) is 5.02 Å². The number of hydrogen-bond acceptors (Lipinski definition) is 7. The molecule has 3 aromatic heterocycles. The molecule has 0 atom stereocenters. The minimum Gasteiger partial charge on any atom is -0.494 e. The van der Waals surface area contributed by atoms with Gasteiger partial charge in [-0.15, -0.1) is 0 Å². The van der Waals surface area contributed by atoms with Crippen molar-refractivity contribution in [3.8, 4) is 5.75 Å². The first-order valence-electron chi connectivity index (χ1n) is 7.70. The molecule has 0 bridgehead atoms. The van der Waals surface area contributed by atoms with E-state index in [0.29, 0.717) is 28.2 Å². The molecular weight excluding hydrogens is 354 g/mol. The number of halogens is 1. The maximum atomic E-state index is 6.12. The van der Waals surface area contributed by atoms with Crippen molar-refractivity contribution in [3.05, 3.63) is 54.1 Å². The van der Waals surface area contributed by atoms with Crippen molar-refractivity contribution < 1.29 is 4.74 Å². The molecule has 3 N–H and O–H groups in total. The minimum absolute atomic E-state index is 0.507. The first-order valence-corrected chi connectivity index (χ1v) is 8.08. The number of nitrogens with zero attached hydrogens (tertiary/aromatic N) is 4. The second-order valence-corrected chi connectivity index (χ2v) is 5.79. The van der Waals surface area contributed by atoms with E-state index in [-0.39, 0.29) is 0 Å². The predicted molar refractivity (Wildman–Crippen MR) is 100 cm³/mol. The van der Waals surface area contributed by atoms with Crippen molar-refractivity contribution in [2.45, 2.75) is 0 Å². The number of rotatable bonds is 5. The zero-order valence-electron chi connectivity index (χ0n) is 13.7. The van der Waals surface area contributed by atoms with Crippen molar-refractivity contribution in [3.63, 3.8) is 0 Å². The number of aromatic nitrogens is 5. The van der Waals surface area contributed by atoms with Gasteiger partial charge in [-0.1, -0.05) is 11.6 Å². The Morgan fingerprint density at radius 2 is 1.92 bits per heavy atom. The molecule has 130 valence electrons. The molecular formula is C17H14ClN7O. The van der Waals surface area contributed by atoms with E-state index in [0.717, 1.165) is 16.6 Å². The molecule has 0 saturated heterocycles. The fourth-order valence-electron chi connectivity index (χ4n) is 2.47. The Morgan fingerprint density at radius 3 is 2.73 bits per heavy atom. The average Bonchev–Trinajstić information content (AvgIpc) is 3.10. The van der Waals surface area contributed by atoms with Crippen LogP contribution >= 0.6 is 11.6 Å². The molecule has 3 heterocycles. The van der Waals surface area contributed by atoms with E-state index in [2.05, 4.69) is 35.8 Å². The van der Waals surface area contributed by atoms with Crippen LogP contribution in [0.1, 0.15) is 0 Å². The summed E-state index contributed by atoms with van der Waals surface area (Å²) in [6.07, 6.45) is 4.85. The number of benzene rings is 1. The standard InChI is InChI=1S/C17H14ClN7O/c1-26-14-6-12-10(8-22-25-12)5-13(14)23-15-7-16(21-9-20-15)24-17-11(18)3-2-4-19-17/h2-9H,1H3,(H,22,25)(H2,19,20,21,23,24). The molecule has 0 amide bonds. The number of nitrogens with one attached hydrogen (secondary N) is 3. The number of hydrogen-bond donors (Lipinski definition) is 3. The zero-order valence-corrected chi connectivity index (χ0v) is 14.4. The summed E-state index contributed by atoms with van der Waals surface area (Å²) < 4.78 is 5.44. The Morgan fingerprint density at radius 1 is 1.08 bits per heavy atom. The smallest absolute Gasteiger partial charge is 0.150 e. The fourth-order valence-corrected chi connectivity index (χ4v) is 2.64. The van der Waals surface area contributed by atoms with E-state index < -0.39 is 0 Å². The minimum atomic E-state index is 0.507. The first-order chi connectivity index (χ1) is 12.7. The molecule has 4 aromatic rings. The van der Waals surface area contributed by atoms with Crippen LogP contribution in [0, 0.1) is 0 Å². The quantitative estimate of drug-likeness (QED) is 0.491. The summed E-state index contributed by atoms with van der Waals surface area (Å²) in [5, 5.41) is 14.7. The summed E-state index contributed by atoms with van der Waals surface area (Å²) >= 11 is 6.12. The van der Waals surface area contributed by atoms with Gasteiger partial charge in [0.2, 0.25) is 0 Å². The second-order valence-electron chi connectivity index (χ2n) is 5.38. The van der Waals surface area contributed by atoms with Gasteiger partial charge in [-0.25, -0.2) is 15.0 Å². The Hall–Kier alpha value is -3.39. The van der Waals surface area contributed by atoms with E-state index in [4.69, 9.17) is 16.3 Å². The van der Waals surface area contributed by atoms with Gasteiger partial charge in [-0.2, -0.15) is 5.10 Å². The molecule has 26 heavy (non-hydrogen) atoms. The Balaban J connectivity index is 1.62. The number of aromatic amines is 1. The third kappa shape index (κ3) is 3.22. The largest absolute Gasteiger partial charge is 0.494 e. The predicted octanol–water partition coefficient (Wildman–Crippen LogP) is 3.90. The van der Waals surface area contributed by atoms with E-state index in [1.165, 1.54) is 6.33 Å². The topological polar surface area (TPSA) is 101 Å². The molecule has 0 saturated carbocycles.